The first-order valence-electron chi connectivity index (χ1n) is 13.3. The van der Waals surface area contributed by atoms with E-state index in [9.17, 15) is 14.7 Å². The van der Waals surface area contributed by atoms with Crippen molar-refractivity contribution < 1.29 is 28.2 Å². The summed E-state index contributed by atoms with van der Waals surface area (Å²) in [6, 6.07) is 3.14. The zero-order valence-corrected chi connectivity index (χ0v) is 26.3. The Balaban J connectivity index is 1.52. The van der Waals surface area contributed by atoms with Crippen molar-refractivity contribution in [3.05, 3.63) is 47.1 Å². The first kappa shape index (κ1) is 30.7. The maximum atomic E-state index is 15.4. The van der Waals surface area contributed by atoms with Gasteiger partial charge in [-0.25, -0.2) is 19.0 Å². The van der Waals surface area contributed by atoms with Crippen LogP contribution in [0.3, 0.4) is 0 Å². The van der Waals surface area contributed by atoms with Crippen molar-refractivity contribution in [1.82, 2.24) is 9.97 Å². The van der Waals surface area contributed by atoms with Crippen molar-refractivity contribution in [3.8, 4) is 11.1 Å². The molecule has 0 spiro atoms. The number of carbonyl (C=O) groups is 2. The molecule has 0 bridgehead atoms. The highest BCUT2D eigenvalue weighted by Gasteiger charge is 2.50. The zero-order valence-electron chi connectivity index (χ0n) is 24.6. The van der Waals surface area contributed by atoms with E-state index in [2.05, 4.69) is 56.1 Å². The van der Waals surface area contributed by atoms with Crippen molar-refractivity contribution in [1.29, 1.82) is 0 Å². The molecule has 220 valence electrons. The Bertz CT molecular complexity index is 1520. The van der Waals surface area contributed by atoms with Crippen LogP contribution in [0, 0.1) is 12.7 Å². The number of fused-ring (bicyclic) bond motifs is 1. The molecule has 2 N–H and O–H groups in total. The number of nitrogens with zero attached hydrogens (tertiary/aromatic N) is 3. The fraction of sp³-hybridized carbons (Fsp3) is 0.448. The van der Waals surface area contributed by atoms with Crippen LogP contribution in [-0.2, 0) is 9.16 Å². The fourth-order valence-electron chi connectivity index (χ4n) is 4.84. The van der Waals surface area contributed by atoms with Gasteiger partial charge in [-0.1, -0.05) is 32.4 Å². The number of aromatic nitrogens is 2. The van der Waals surface area contributed by atoms with Crippen LogP contribution in [0.4, 0.5) is 25.5 Å². The predicted molar refractivity (Wildman–Crippen MR) is 161 cm³/mol. The topological polar surface area (TPSA) is 114 Å². The van der Waals surface area contributed by atoms with Crippen LogP contribution in [-0.4, -0.2) is 54.3 Å². The van der Waals surface area contributed by atoms with Gasteiger partial charge in [0.15, 0.2) is 8.32 Å². The Labute approximate surface area is 245 Å². The summed E-state index contributed by atoms with van der Waals surface area (Å²) in [6.07, 6.45) is 3.37. The van der Waals surface area contributed by atoms with E-state index in [1.165, 1.54) is 25.6 Å². The maximum absolute atomic E-state index is 15.4. The summed E-state index contributed by atoms with van der Waals surface area (Å²) in [5, 5.41) is 12.8. The highest BCUT2D eigenvalue weighted by molar-refractivity contribution is 6.74. The average Bonchev–Trinajstić information content (AvgIpc) is 2.84. The van der Waals surface area contributed by atoms with Crippen molar-refractivity contribution in [3.63, 3.8) is 0 Å². The lowest BCUT2D eigenvalue weighted by atomic mass is 9.79. The fourth-order valence-corrected chi connectivity index (χ4v) is 6.81. The molecular weight excluding hydrogens is 567 g/mol. The number of anilines is 2. The second-order valence-electron chi connectivity index (χ2n) is 12.4. The largest absolute Gasteiger partial charge is 0.465 e. The number of benzene rings is 1. The lowest BCUT2D eigenvalue weighted by Crippen LogP contribution is -2.56. The predicted octanol–water partition coefficient (Wildman–Crippen LogP) is 8.00. The Morgan fingerprint density at radius 2 is 1.85 bits per heavy atom. The second kappa shape index (κ2) is 10.8. The van der Waals surface area contributed by atoms with E-state index in [1.54, 1.807) is 19.1 Å². The van der Waals surface area contributed by atoms with E-state index >= 15 is 4.39 Å². The molecule has 2 heterocycles. The maximum Gasteiger partial charge on any atom is 0.413 e. The van der Waals surface area contributed by atoms with E-state index in [4.69, 9.17) is 20.8 Å². The van der Waals surface area contributed by atoms with Crippen LogP contribution in [0.15, 0.2) is 30.7 Å². The third kappa shape index (κ3) is 6.17. The number of carbonyl (C=O) groups excluding carboxylic acids is 1. The summed E-state index contributed by atoms with van der Waals surface area (Å²) in [5.74, 6) is -0.473. The number of hydrogen-bond acceptors (Lipinski definition) is 6. The lowest BCUT2D eigenvalue weighted by Gasteiger charge is -2.51. The molecule has 0 radical (unpaired) electrons. The monoisotopic (exact) mass is 602 g/mol. The minimum Gasteiger partial charge on any atom is -0.465 e. The smallest absolute Gasteiger partial charge is 0.413 e. The molecule has 9 nitrogen and oxygen atoms in total. The van der Waals surface area contributed by atoms with Crippen LogP contribution in [0.25, 0.3) is 21.9 Å². The zero-order chi connectivity index (χ0) is 30.5. The first-order valence-corrected chi connectivity index (χ1v) is 16.6. The molecule has 2 amide bonds. The van der Waals surface area contributed by atoms with Gasteiger partial charge < -0.3 is 14.3 Å². The SMILES string of the molecule is Cc1c(-c2cc3cc(NC(=O)OC4CC(C)(O[Si](C)(C)C(C)(C)C)C4)ncc3c(Cl)c2F)cncc1N(C)C(=O)O. The van der Waals surface area contributed by atoms with E-state index < -0.39 is 26.3 Å². The van der Waals surface area contributed by atoms with Gasteiger partial charge in [-0.3, -0.25) is 15.2 Å². The van der Waals surface area contributed by atoms with Gasteiger partial charge in [0.25, 0.3) is 0 Å². The van der Waals surface area contributed by atoms with E-state index in [0.29, 0.717) is 40.4 Å². The minimum absolute atomic E-state index is 0.0829. The summed E-state index contributed by atoms with van der Waals surface area (Å²) in [7, 11) is -0.575. The molecule has 2 aromatic heterocycles. The molecule has 0 saturated heterocycles. The third-order valence-electron chi connectivity index (χ3n) is 8.16. The Hall–Kier alpha value is -3.28. The van der Waals surface area contributed by atoms with Crippen LogP contribution in [0.5, 0.6) is 0 Å². The first-order chi connectivity index (χ1) is 18.9. The van der Waals surface area contributed by atoms with Gasteiger partial charge in [0.1, 0.15) is 17.7 Å². The number of hydrogen-bond donors (Lipinski definition) is 2. The number of carboxylic acid groups (broad SMARTS) is 1. The van der Waals surface area contributed by atoms with Crippen molar-refractivity contribution in [2.75, 3.05) is 17.3 Å². The van der Waals surface area contributed by atoms with E-state index in [1.807, 2.05) is 0 Å². The molecule has 1 aromatic carbocycles. The normalized spacial score (nSPS) is 19.0. The second-order valence-corrected chi connectivity index (χ2v) is 17.5. The van der Waals surface area contributed by atoms with Crippen molar-refractivity contribution in [2.24, 2.45) is 0 Å². The summed E-state index contributed by atoms with van der Waals surface area (Å²) < 4.78 is 27.6. The molecule has 0 aliphatic heterocycles. The standard InChI is InChI=1S/C29H36ClFN4O5Si/c1-16-20(13-32-15-22(16)35(6)27(37)38)19-9-17-10-23(33-14-21(17)24(30)25(19)31)34-26(36)39-18-11-29(5,12-18)40-41(7,8)28(2,3)4/h9-10,13-15,18H,11-12H2,1-8H3,(H,37,38)(H,33,34,36). The summed E-state index contributed by atoms with van der Waals surface area (Å²) in [5.41, 5.74) is 1.03. The van der Waals surface area contributed by atoms with Crippen LogP contribution >= 0.6 is 11.6 Å². The number of ether oxygens (including phenoxy) is 1. The number of pyridine rings is 2. The van der Waals surface area contributed by atoms with Crippen molar-refractivity contribution >= 4 is 54.4 Å². The number of halogens is 2. The van der Waals surface area contributed by atoms with Gasteiger partial charge in [0.2, 0.25) is 0 Å². The molecule has 1 aliphatic carbocycles. The highest BCUT2D eigenvalue weighted by Crippen LogP contribution is 2.46. The molecule has 12 heteroatoms. The number of nitrogens with one attached hydrogen (secondary N) is 1. The molecule has 1 fully saturated rings. The van der Waals surface area contributed by atoms with Gasteiger partial charge in [-0.2, -0.15) is 0 Å². The Kier molecular flexibility index (Phi) is 8.11. The molecule has 1 saturated carbocycles. The number of rotatable bonds is 6. The quantitative estimate of drug-likeness (QED) is 0.275. The third-order valence-corrected chi connectivity index (χ3v) is 13.1. The van der Waals surface area contributed by atoms with Crippen LogP contribution in [0.1, 0.15) is 46.1 Å². The minimum atomic E-state index is -1.96. The average molecular weight is 603 g/mol. The van der Waals surface area contributed by atoms with Gasteiger partial charge in [-0.15, -0.1) is 0 Å². The molecule has 0 unspecified atom stereocenters. The summed E-state index contributed by atoms with van der Waals surface area (Å²) in [4.78, 5) is 33.5. The van der Waals surface area contributed by atoms with Gasteiger partial charge in [0.05, 0.1) is 22.5 Å². The summed E-state index contributed by atoms with van der Waals surface area (Å²) in [6.45, 7) is 14.7. The van der Waals surface area contributed by atoms with E-state index in [-0.39, 0.29) is 33.1 Å². The van der Waals surface area contributed by atoms with Crippen LogP contribution in [0.2, 0.25) is 23.2 Å². The molecular formula is C29H36ClFN4O5Si. The lowest BCUT2D eigenvalue weighted by molar-refractivity contribution is -0.0911. The summed E-state index contributed by atoms with van der Waals surface area (Å²) >= 11 is 6.38. The van der Waals surface area contributed by atoms with Gasteiger partial charge in [-0.05, 0) is 55.1 Å². The van der Waals surface area contributed by atoms with Gasteiger partial charge >= 0.3 is 12.2 Å². The van der Waals surface area contributed by atoms with E-state index in [0.717, 1.165) is 4.90 Å². The van der Waals surface area contributed by atoms with Crippen LogP contribution < -0.4 is 10.2 Å². The Morgan fingerprint density at radius 3 is 2.46 bits per heavy atom. The Morgan fingerprint density at radius 1 is 1.20 bits per heavy atom. The van der Waals surface area contributed by atoms with Crippen molar-refractivity contribution in [2.45, 2.75) is 77.3 Å². The molecule has 0 atom stereocenters. The molecule has 1 aliphatic rings. The molecule has 3 aromatic rings. The van der Waals surface area contributed by atoms with Gasteiger partial charge in [0, 0.05) is 48.8 Å². The molecule has 41 heavy (non-hydrogen) atoms. The highest BCUT2D eigenvalue weighted by atomic mass is 35.5. The number of amides is 2. The molecule has 4 rings (SSSR count).